The number of carbonyl (C=O) groups is 1. The van der Waals surface area contributed by atoms with Gasteiger partial charge < -0.3 is 15.6 Å². The smallest absolute Gasteiger partial charge is 0.313 e. The third kappa shape index (κ3) is 3.23. The summed E-state index contributed by atoms with van der Waals surface area (Å²) >= 11 is 4.42. The molecule has 0 amide bonds. The van der Waals surface area contributed by atoms with Crippen LogP contribution in [0.25, 0.3) is 5.69 Å². The molecule has 0 unspecified atom stereocenters. The fourth-order valence-electron chi connectivity index (χ4n) is 1.54. The van der Waals surface area contributed by atoms with Crippen LogP contribution in [-0.4, -0.2) is 38.7 Å². The Labute approximate surface area is 127 Å². The molecule has 1 aromatic heterocycles. The van der Waals surface area contributed by atoms with Gasteiger partial charge >= 0.3 is 5.97 Å². The van der Waals surface area contributed by atoms with Crippen molar-refractivity contribution >= 4 is 39.6 Å². The van der Waals surface area contributed by atoms with E-state index >= 15 is 0 Å². The molecule has 2 aromatic rings. The quantitative estimate of drug-likeness (QED) is 0.785. The van der Waals surface area contributed by atoms with Crippen LogP contribution < -0.4 is 10.5 Å². The molecule has 1 heterocycles. The first-order valence-corrected chi connectivity index (χ1v) is 7.19. The van der Waals surface area contributed by atoms with Crippen LogP contribution in [0.5, 0.6) is 5.75 Å². The summed E-state index contributed by atoms with van der Waals surface area (Å²) in [5.74, 6) is -0.242. The van der Waals surface area contributed by atoms with Gasteiger partial charge in [-0.25, -0.2) is 0 Å². The Kier molecular flexibility index (Phi) is 4.50. The SMILES string of the molecule is COc1cc(Br)cc(-n2c(N)nnc2SCC(=O)O)c1. The molecule has 0 radical (unpaired) electrons. The van der Waals surface area contributed by atoms with E-state index in [4.69, 9.17) is 15.6 Å². The number of methoxy groups -OCH3 is 1. The number of nitrogens with zero attached hydrogens (tertiary/aromatic N) is 3. The molecule has 2 rings (SSSR count). The third-order valence-corrected chi connectivity index (χ3v) is 3.70. The van der Waals surface area contributed by atoms with Crippen LogP contribution in [0.15, 0.2) is 27.8 Å². The number of halogens is 1. The van der Waals surface area contributed by atoms with Crippen molar-refractivity contribution in [2.45, 2.75) is 5.16 Å². The summed E-state index contributed by atoms with van der Waals surface area (Å²) in [7, 11) is 1.56. The second-order valence-corrected chi connectivity index (χ2v) is 5.57. The Morgan fingerprint density at radius 2 is 2.25 bits per heavy atom. The normalized spacial score (nSPS) is 10.5. The van der Waals surface area contributed by atoms with E-state index in [-0.39, 0.29) is 11.7 Å². The Hall–Kier alpha value is -1.74. The lowest BCUT2D eigenvalue weighted by Crippen LogP contribution is -2.05. The lowest BCUT2D eigenvalue weighted by Gasteiger charge is -2.10. The number of ether oxygens (including phenoxy) is 1. The minimum absolute atomic E-state index is 0.122. The van der Waals surface area contributed by atoms with Crippen LogP contribution in [-0.2, 0) is 4.79 Å². The molecule has 0 spiro atoms. The molecule has 106 valence electrons. The number of carboxylic acids is 1. The highest BCUT2D eigenvalue weighted by Crippen LogP contribution is 2.28. The molecule has 0 aliphatic heterocycles. The number of rotatable bonds is 5. The Bertz CT molecular complexity index is 647. The number of nitrogens with two attached hydrogens (primary N) is 1. The van der Waals surface area contributed by atoms with Crippen LogP contribution in [0.1, 0.15) is 0 Å². The van der Waals surface area contributed by atoms with Crippen molar-refractivity contribution in [1.29, 1.82) is 0 Å². The maximum atomic E-state index is 10.6. The van der Waals surface area contributed by atoms with Gasteiger partial charge in [0.15, 0.2) is 5.16 Å². The standard InChI is InChI=1S/C11H11BrN4O3S/c1-19-8-3-6(12)2-7(4-8)16-10(13)14-15-11(16)20-5-9(17)18/h2-4H,5H2,1H3,(H2,13,14)(H,17,18). The minimum Gasteiger partial charge on any atom is -0.497 e. The highest BCUT2D eigenvalue weighted by molar-refractivity contribution is 9.10. The van der Waals surface area contributed by atoms with Crippen molar-refractivity contribution in [2.24, 2.45) is 0 Å². The van der Waals surface area contributed by atoms with Crippen molar-refractivity contribution in [1.82, 2.24) is 14.8 Å². The lowest BCUT2D eigenvalue weighted by atomic mass is 10.3. The molecule has 7 nitrogen and oxygen atoms in total. The van der Waals surface area contributed by atoms with Crippen LogP contribution in [0.4, 0.5) is 5.95 Å². The van der Waals surface area contributed by atoms with Crippen molar-refractivity contribution < 1.29 is 14.6 Å². The summed E-state index contributed by atoms with van der Waals surface area (Å²) in [5, 5.41) is 16.8. The molecule has 1 aromatic carbocycles. The number of benzene rings is 1. The Morgan fingerprint density at radius 3 is 2.90 bits per heavy atom. The van der Waals surface area contributed by atoms with Gasteiger partial charge in [-0.1, -0.05) is 27.7 Å². The van der Waals surface area contributed by atoms with Gasteiger partial charge in [0.2, 0.25) is 5.95 Å². The predicted octanol–water partition coefficient (Wildman–Crippen LogP) is 1.80. The molecule has 0 saturated carbocycles. The van der Waals surface area contributed by atoms with Gasteiger partial charge in [0.1, 0.15) is 5.75 Å². The second-order valence-electron chi connectivity index (χ2n) is 3.71. The average Bonchev–Trinajstić information content (AvgIpc) is 2.76. The Balaban J connectivity index is 2.43. The molecule has 0 bridgehead atoms. The zero-order valence-electron chi connectivity index (χ0n) is 10.4. The molecular weight excluding hydrogens is 348 g/mol. The van der Waals surface area contributed by atoms with Crippen LogP contribution in [0.2, 0.25) is 0 Å². The first-order chi connectivity index (χ1) is 9.51. The zero-order valence-corrected chi connectivity index (χ0v) is 12.8. The van der Waals surface area contributed by atoms with Gasteiger partial charge in [-0.15, -0.1) is 10.2 Å². The number of nitrogen functional groups attached to an aromatic ring is 1. The molecular formula is C11H11BrN4O3S. The van der Waals surface area contributed by atoms with Crippen molar-refractivity contribution in [3.8, 4) is 11.4 Å². The highest BCUT2D eigenvalue weighted by atomic mass is 79.9. The van der Waals surface area contributed by atoms with E-state index in [2.05, 4.69) is 26.1 Å². The molecule has 20 heavy (non-hydrogen) atoms. The van der Waals surface area contributed by atoms with Crippen molar-refractivity contribution in [2.75, 3.05) is 18.6 Å². The highest BCUT2D eigenvalue weighted by Gasteiger charge is 2.14. The number of carboxylic acid groups (broad SMARTS) is 1. The van der Waals surface area contributed by atoms with Crippen LogP contribution in [0.3, 0.4) is 0 Å². The monoisotopic (exact) mass is 358 g/mol. The lowest BCUT2D eigenvalue weighted by molar-refractivity contribution is -0.133. The Morgan fingerprint density at radius 1 is 1.50 bits per heavy atom. The topological polar surface area (TPSA) is 103 Å². The largest absolute Gasteiger partial charge is 0.497 e. The molecule has 3 N–H and O–H groups in total. The molecule has 0 fully saturated rings. The van der Waals surface area contributed by atoms with Gasteiger partial charge in [-0.05, 0) is 12.1 Å². The van der Waals surface area contributed by atoms with Gasteiger partial charge in [0.05, 0.1) is 18.6 Å². The zero-order chi connectivity index (χ0) is 14.7. The van der Waals surface area contributed by atoms with E-state index in [1.165, 1.54) is 0 Å². The fourth-order valence-corrected chi connectivity index (χ4v) is 2.68. The molecule has 0 aliphatic rings. The average molecular weight is 359 g/mol. The molecule has 9 heteroatoms. The summed E-state index contributed by atoms with van der Waals surface area (Å²) in [6.07, 6.45) is 0. The summed E-state index contributed by atoms with van der Waals surface area (Å²) < 4.78 is 7.56. The molecule has 0 atom stereocenters. The van der Waals surface area contributed by atoms with Crippen molar-refractivity contribution in [3.05, 3.63) is 22.7 Å². The fraction of sp³-hybridized carbons (Fsp3) is 0.182. The van der Waals surface area contributed by atoms with Gasteiger partial charge in [-0.2, -0.15) is 0 Å². The van der Waals surface area contributed by atoms with Crippen LogP contribution in [0, 0.1) is 0 Å². The minimum atomic E-state index is -0.935. The predicted molar refractivity (Wildman–Crippen MR) is 78.4 cm³/mol. The summed E-state index contributed by atoms with van der Waals surface area (Å²) in [4.78, 5) is 10.6. The third-order valence-electron chi connectivity index (χ3n) is 2.33. The maximum absolute atomic E-state index is 10.6. The summed E-state index contributed by atoms with van der Waals surface area (Å²) in [6.45, 7) is 0. The van der Waals surface area contributed by atoms with Gasteiger partial charge in [0.25, 0.3) is 0 Å². The summed E-state index contributed by atoms with van der Waals surface area (Å²) in [5.41, 5.74) is 6.48. The maximum Gasteiger partial charge on any atom is 0.313 e. The van der Waals surface area contributed by atoms with E-state index in [0.717, 1.165) is 16.2 Å². The summed E-state index contributed by atoms with van der Waals surface area (Å²) in [6, 6.07) is 5.37. The van der Waals surface area contributed by atoms with Crippen molar-refractivity contribution in [3.63, 3.8) is 0 Å². The number of aromatic nitrogens is 3. The number of thioether (sulfide) groups is 1. The number of hydrogen-bond donors (Lipinski definition) is 2. The van der Waals surface area contributed by atoms with E-state index in [1.807, 2.05) is 6.07 Å². The molecule has 0 saturated heterocycles. The van der Waals surface area contributed by atoms with E-state index in [1.54, 1.807) is 23.8 Å². The number of anilines is 1. The molecule has 0 aliphatic carbocycles. The number of aliphatic carboxylic acids is 1. The first-order valence-electron chi connectivity index (χ1n) is 5.41. The van der Waals surface area contributed by atoms with Crippen LogP contribution >= 0.6 is 27.7 Å². The van der Waals surface area contributed by atoms with E-state index in [0.29, 0.717) is 16.6 Å². The van der Waals surface area contributed by atoms with E-state index < -0.39 is 5.97 Å². The number of hydrogen-bond acceptors (Lipinski definition) is 6. The van der Waals surface area contributed by atoms with Gasteiger partial charge in [0, 0.05) is 10.5 Å². The first kappa shape index (κ1) is 14.7. The second kappa shape index (κ2) is 6.14. The van der Waals surface area contributed by atoms with E-state index in [9.17, 15) is 4.79 Å². The van der Waals surface area contributed by atoms with Gasteiger partial charge in [-0.3, -0.25) is 9.36 Å².